The van der Waals surface area contributed by atoms with E-state index in [9.17, 15) is 9.59 Å². The number of nitrogens with one attached hydrogen (secondary N) is 1. The van der Waals surface area contributed by atoms with E-state index in [2.05, 4.69) is 25.2 Å². The highest BCUT2D eigenvalue weighted by atomic mass is 16.2. The Balaban J connectivity index is 1.65. The van der Waals surface area contributed by atoms with E-state index >= 15 is 0 Å². The number of rotatable bonds is 1. The van der Waals surface area contributed by atoms with Crippen LogP contribution in [0.15, 0.2) is 12.2 Å². The number of carbonyl (C=O) groups is 2. The lowest BCUT2D eigenvalue weighted by Crippen LogP contribution is -2.59. The number of hydrogen-bond acceptors (Lipinski definition) is 2. The van der Waals surface area contributed by atoms with Crippen molar-refractivity contribution in [1.29, 1.82) is 0 Å². The van der Waals surface area contributed by atoms with Gasteiger partial charge in [0.05, 0.1) is 0 Å². The Hall–Kier alpha value is -1.32. The summed E-state index contributed by atoms with van der Waals surface area (Å²) in [6.45, 7) is 4.75. The molecule has 4 rings (SSSR count). The molecule has 0 bridgehead atoms. The zero-order valence-electron chi connectivity index (χ0n) is 16.0. The molecule has 138 valence electrons. The number of fused-ring (bicyclic) bond motifs is 5. The smallest absolute Gasteiger partial charge is 0.246 e. The minimum atomic E-state index is 0.0952. The fraction of sp³-hybridized carbons (Fsp3) is 0.810. The first-order chi connectivity index (χ1) is 11.8. The molecule has 4 aliphatic rings. The zero-order valence-corrected chi connectivity index (χ0v) is 16.0. The summed E-state index contributed by atoms with van der Waals surface area (Å²) in [5, 5.41) is 2.91. The molecular weight excluding hydrogens is 312 g/mol. The summed E-state index contributed by atoms with van der Waals surface area (Å²) in [6.07, 6.45) is 10.9. The van der Waals surface area contributed by atoms with E-state index in [4.69, 9.17) is 0 Å². The molecule has 7 unspecified atom stereocenters. The monoisotopic (exact) mass is 344 g/mol. The summed E-state index contributed by atoms with van der Waals surface area (Å²) in [7, 11) is 3.75. The lowest BCUT2D eigenvalue weighted by atomic mass is 9.47. The van der Waals surface area contributed by atoms with E-state index in [0.717, 1.165) is 19.3 Å². The molecule has 4 heteroatoms. The van der Waals surface area contributed by atoms with E-state index in [1.54, 1.807) is 13.1 Å². The van der Waals surface area contributed by atoms with E-state index in [0.29, 0.717) is 23.8 Å². The Kier molecular flexibility index (Phi) is 3.82. The average Bonchev–Trinajstić information content (AvgIpc) is 2.95. The highest BCUT2D eigenvalue weighted by Gasteiger charge is 2.61. The van der Waals surface area contributed by atoms with Crippen LogP contribution in [-0.4, -0.2) is 36.9 Å². The maximum atomic E-state index is 12.4. The van der Waals surface area contributed by atoms with Crippen LogP contribution in [0.5, 0.6) is 0 Å². The maximum absolute atomic E-state index is 12.4. The molecule has 25 heavy (non-hydrogen) atoms. The molecule has 0 aromatic rings. The molecule has 0 spiro atoms. The van der Waals surface area contributed by atoms with Crippen LogP contribution in [0.1, 0.15) is 52.4 Å². The minimum Gasteiger partial charge on any atom is -0.359 e. The van der Waals surface area contributed by atoms with Crippen LogP contribution in [0.2, 0.25) is 0 Å². The van der Waals surface area contributed by atoms with Crippen molar-refractivity contribution in [1.82, 2.24) is 10.2 Å². The molecule has 3 aliphatic carbocycles. The number of nitrogens with zero attached hydrogens (tertiary/aromatic N) is 1. The maximum Gasteiger partial charge on any atom is 0.246 e. The van der Waals surface area contributed by atoms with Crippen molar-refractivity contribution in [2.75, 3.05) is 14.1 Å². The number of amides is 2. The van der Waals surface area contributed by atoms with Crippen LogP contribution >= 0.6 is 0 Å². The fourth-order valence-corrected chi connectivity index (χ4v) is 7.34. The normalized spacial score (nSPS) is 48.6. The number of carbonyl (C=O) groups excluding carboxylic acids is 2. The number of likely N-dealkylation sites (N-methyl/N-ethyl adjacent to an activating group) is 1. The molecule has 1 heterocycles. The largest absolute Gasteiger partial charge is 0.359 e. The molecule has 1 aliphatic heterocycles. The Morgan fingerprint density at radius 3 is 2.64 bits per heavy atom. The van der Waals surface area contributed by atoms with Crippen LogP contribution in [0.25, 0.3) is 0 Å². The van der Waals surface area contributed by atoms with Crippen molar-refractivity contribution in [3.05, 3.63) is 12.2 Å². The fourth-order valence-electron chi connectivity index (χ4n) is 7.34. The summed E-state index contributed by atoms with van der Waals surface area (Å²) in [6, 6.07) is 0.340. The van der Waals surface area contributed by atoms with Crippen LogP contribution in [0.3, 0.4) is 0 Å². The third-order valence-corrected chi connectivity index (χ3v) is 8.69. The lowest BCUT2D eigenvalue weighted by molar-refractivity contribution is -0.142. The third kappa shape index (κ3) is 2.18. The molecule has 0 saturated heterocycles. The van der Waals surface area contributed by atoms with Crippen LogP contribution < -0.4 is 5.32 Å². The Bertz CT molecular complexity index is 629. The van der Waals surface area contributed by atoms with Crippen molar-refractivity contribution >= 4 is 11.8 Å². The van der Waals surface area contributed by atoms with E-state index in [1.807, 2.05) is 11.9 Å². The molecule has 7 atom stereocenters. The summed E-state index contributed by atoms with van der Waals surface area (Å²) < 4.78 is 0. The number of hydrogen-bond donors (Lipinski definition) is 1. The van der Waals surface area contributed by atoms with Crippen molar-refractivity contribution < 1.29 is 9.59 Å². The summed E-state index contributed by atoms with van der Waals surface area (Å²) in [5.74, 6) is 2.57. The standard InChI is InChI=1S/C21H32N2O2/c1-20-11-9-15-13(14(20)6-7-16(20)19(25)22-3)5-8-17-21(15,2)12-10-18(24)23(17)4/h10,12-17H,5-9,11H2,1-4H3,(H,22,25). The molecule has 3 fully saturated rings. The van der Waals surface area contributed by atoms with Crippen LogP contribution in [0.4, 0.5) is 0 Å². The van der Waals surface area contributed by atoms with Gasteiger partial charge in [0.2, 0.25) is 11.8 Å². The molecule has 0 aromatic heterocycles. The SMILES string of the molecule is CNC(=O)C1CCC2C3CCC4N(C)C(=O)C=CC4(C)C3CCC12C. The van der Waals surface area contributed by atoms with Crippen molar-refractivity contribution in [2.24, 2.45) is 34.5 Å². The van der Waals surface area contributed by atoms with Crippen LogP contribution in [0, 0.1) is 34.5 Å². The Morgan fingerprint density at radius 1 is 1.16 bits per heavy atom. The van der Waals surface area contributed by atoms with Crippen molar-refractivity contribution in [2.45, 2.75) is 58.4 Å². The quantitative estimate of drug-likeness (QED) is 0.795. The minimum absolute atomic E-state index is 0.0952. The summed E-state index contributed by atoms with van der Waals surface area (Å²) >= 11 is 0. The highest BCUT2D eigenvalue weighted by Crippen LogP contribution is 2.65. The zero-order chi connectivity index (χ0) is 18.0. The second kappa shape index (κ2) is 5.59. The first-order valence-corrected chi connectivity index (χ1v) is 10.0. The lowest BCUT2D eigenvalue weighted by Gasteiger charge is -2.60. The Labute approximate surface area is 151 Å². The van der Waals surface area contributed by atoms with E-state index in [1.165, 1.54) is 19.3 Å². The van der Waals surface area contributed by atoms with Crippen LogP contribution in [-0.2, 0) is 9.59 Å². The molecule has 4 nitrogen and oxygen atoms in total. The molecule has 0 aromatic carbocycles. The molecule has 3 saturated carbocycles. The van der Waals surface area contributed by atoms with Gasteiger partial charge in [0.1, 0.15) is 0 Å². The van der Waals surface area contributed by atoms with Crippen molar-refractivity contribution in [3.8, 4) is 0 Å². The van der Waals surface area contributed by atoms with Gasteiger partial charge in [-0.05, 0) is 67.8 Å². The summed E-state index contributed by atoms with van der Waals surface area (Å²) in [4.78, 5) is 26.5. The van der Waals surface area contributed by atoms with Crippen molar-refractivity contribution in [3.63, 3.8) is 0 Å². The molecule has 1 N–H and O–H groups in total. The van der Waals surface area contributed by atoms with E-state index < -0.39 is 0 Å². The predicted octanol–water partition coefficient (Wildman–Crippen LogP) is 2.99. The van der Waals surface area contributed by atoms with Gasteiger partial charge in [0.25, 0.3) is 0 Å². The highest BCUT2D eigenvalue weighted by molar-refractivity contribution is 5.89. The van der Waals surface area contributed by atoms with Gasteiger partial charge in [-0.2, -0.15) is 0 Å². The van der Waals surface area contributed by atoms with E-state index in [-0.39, 0.29) is 28.6 Å². The third-order valence-electron chi connectivity index (χ3n) is 8.69. The first-order valence-electron chi connectivity index (χ1n) is 10.0. The van der Waals surface area contributed by atoms with Gasteiger partial charge in [-0.15, -0.1) is 0 Å². The second-order valence-corrected chi connectivity index (χ2v) is 9.41. The average molecular weight is 344 g/mol. The van der Waals surface area contributed by atoms with Gasteiger partial charge in [-0.3, -0.25) is 9.59 Å². The topological polar surface area (TPSA) is 49.4 Å². The Morgan fingerprint density at radius 2 is 1.92 bits per heavy atom. The van der Waals surface area contributed by atoms with Gasteiger partial charge in [-0.25, -0.2) is 0 Å². The predicted molar refractivity (Wildman–Crippen MR) is 97.6 cm³/mol. The van der Waals surface area contributed by atoms with Gasteiger partial charge in [0.15, 0.2) is 0 Å². The molecule has 2 amide bonds. The van der Waals surface area contributed by atoms with Gasteiger partial charge < -0.3 is 10.2 Å². The molecular formula is C21H32N2O2. The molecule has 0 radical (unpaired) electrons. The second-order valence-electron chi connectivity index (χ2n) is 9.41. The summed E-state index contributed by atoms with van der Waals surface area (Å²) in [5.41, 5.74) is 0.253. The van der Waals surface area contributed by atoms with Gasteiger partial charge >= 0.3 is 0 Å². The van der Waals surface area contributed by atoms with Gasteiger partial charge in [0, 0.05) is 31.5 Å². The first kappa shape index (κ1) is 17.1. The van der Waals surface area contributed by atoms with Gasteiger partial charge in [-0.1, -0.05) is 19.9 Å².